The van der Waals surface area contributed by atoms with Crippen LogP contribution < -0.4 is 11.1 Å². The van der Waals surface area contributed by atoms with Crippen molar-refractivity contribution in [3.63, 3.8) is 0 Å². The first kappa shape index (κ1) is 22.6. The fourth-order valence-electron chi connectivity index (χ4n) is 2.67. The summed E-state index contributed by atoms with van der Waals surface area (Å²) in [4.78, 5) is 12.4. The number of nitrogens with zero attached hydrogens (tertiary/aromatic N) is 2. The monoisotopic (exact) mass is 462 g/mol. The highest BCUT2D eigenvalue weighted by atomic mass is 35.5. The summed E-state index contributed by atoms with van der Waals surface area (Å²) in [5.41, 5.74) is 3.01. The fraction of sp³-hybridized carbons (Fsp3) is 0.158. The molecule has 12 heteroatoms. The predicted molar refractivity (Wildman–Crippen MR) is 101 cm³/mol. The maximum Gasteiger partial charge on any atom is 0.435 e. The van der Waals surface area contributed by atoms with Gasteiger partial charge >= 0.3 is 12.4 Å². The van der Waals surface area contributed by atoms with E-state index in [-0.39, 0.29) is 39.3 Å². The molecule has 3 N–H and O–H groups in total. The van der Waals surface area contributed by atoms with Crippen molar-refractivity contribution in [2.45, 2.75) is 18.9 Å². The van der Waals surface area contributed by atoms with Crippen LogP contribution in [0.2, 0.25) is 5.02 Å². The van der Waals surface area contributed by atoms with Crippen molar-refractivity contribution in [3.05, 3.63) is 76.1 Å². The van der Waals surface area contributed by atoms with E-state index in [1.807, 2.05) is 0 Å². The molecule has 31 heavy (non-hydrogen) atoms. The van der Waals surface area contributed by atoms with Crippen LogP contribution in [-0.2, 0) is 18.9 Å². The molecule has 1 heterocycles. The molecule has 3 aromatic rings. The molecule has 0 radical (unpaired) electrons. The molecule has 0 bridgehead atoms. The van der Waals surface area contributed by atoms with Crippen molar-refractivity contribution >= 4 is 23.2 Å². The van der Waals surface area contributed by atoms with E-state index in [1.54, 1.807) is 6.07 Å². The molecule has 0 unspecified atom stereocenters. The standard InChI is InChI=1S/C19H13ClF6N4O/c20-14-7-10(9-27)1-6-13(14)17(31)28-11-2-4-12(5-3-11)30-16(19(24,25)26)8-15(29-30)18(21,22)23/h1-8H,9,27H2,(H,28,31). The van der Waals surface area contributed by atoms with Gasteiger partial charge in [0.15, 0.2) is 5.69 Å². The molecule has 0 spiro atoms. The lowest BCUT2D eigenvalue weighted by molar-refractivity contribution is -0.143. The van der Waals surface area contributed by atoms with Crippen LogP contribution >= 0.6 is 11.6 Å². The average molecular weight is 463 g/mol. The minimum atomic E-state index is -5.06. The van der Waals surface area contributed by atoms with E-state index in [0.717, 1.165) is 12.1 Å². The number of amides is 1. The first-order valence-electron chi connectivity index (χ1n) is 8.55. The summed E-state index contributed by atoms with van der Waals surface area (Å²) in [6.07, 6.45) is -10.1. The van der Waals surface area contributed by atoms with E-state index in [2.05, 4.69) is 10.4 Å². The van der Waals surface area contributed by atoms with Gasteiger partial charge in [0.2, 0.25) is 0 Å². The van der Waals surface area contributed by atoms with Crippen molar-refractivity contribution in [1.82, 2.24) is 9.78 Å². The SMILES string of the molecule is NCc1ccc(C(=O)Nc2ccc(-n3nc(C(F)(F)F)cc3C(F)(F)F)cc2)c(Cl)c1. The topological polar surface area (TPSA) is 72.9 Å². The Bertz CT molecular complexity index is 1110. The number of carbonyl (C=O) groups excluding carboxylic acids is 1. The predicted octanol–water partition coefficient (Wildman–Crippen LogP) is 5.27. The lowest BCUT2D eigenvalue weighted by atomic mass is 10.1. The maximum atomic E-state index is 13.2. The van der Waals surface area contributed by atoms with E-state index in [4.69, 9.17) is 17.3 Å². The van der Waals surface area contributed by atoms with E-state index < -0.39 is 29.6 Å². The molecule has 164 valence electrons. The highest BCUT2D eigenvalue weighted by Crippen LogP contribution is 2.36. The summed E-state index contributed by atoms with van der Waals surface area (Å²) in [6, 6.07) is 9.17. The number of nitrogens with two attached hydrogens (primary N) is 1. The minimum absolute atomic E-state index is 0.0668. The van der Waals surface area contributed by atoms with Crippen LogP contribution in [0.5, 0.6) is 0 Å². The molecule has 3 rings (SSSR count). The lowest BCUT2D eigenvalue weighted by Gasteiger charge is -2.11. The van der Waals surface area contributed by atoms with Gasteiger partial charge in [0.25, 0.3) is 5.91 Å². The summed E-state index contributed by atoms with van der Waals surface area (Å²) in [5, 5.41) is 5.70. The Labute approximate surface area is 176 Å². The van der Waals surface area contributed by atoms with Gasteiger partial charge in [-0.1, -0.05) is 17.7 Å². The number of hydrogen-bond donors (Lipinski definition) is 2. The summed E-state index contributed by atoms with van der Waals surface area (Å²) < 4.78 is 78.1. The Morgan fingerprint density at radius 2 is 1.65 bits per heavy atom. The van der Waals surface area contributed by atoms with Gasteiger partial charge in [-0.25, -0.2) is 4.68 Å². The average Bonchev–Trinajstić information content (AvgIpc) is 3.15. The number of halogens is 7. The molecule has 2 aromatic carbocycles. The molecule has 0 fully saturated rings. The molecule has 0 aliphatic carbocycles. The Kier molecular flexibility index (Phi) is 6.01. The molecule has 0 atom stereocenters. The number of nitrogens with one attached hydrogen (secondary N) is 1. The first-order valence-corrected chi connectivity index (χ1v) is 8.92. The number of aromatic nitrogens is 2. The van der Waals surface area contributed by atoms with E-state index >= 15 is 0 Å². The number of rotatable bonds is 4. The molecular formula is C19H13ClF6N4O. The third-order valence-corrected chi connectivity index (χ3v) is 4.49. The zero-order valence-electron chi connectivity index (χ0n) is 15.4. The summed E-state index contributed by atoms with van der Waals surface area (Å²) in [6.45, 7) is 0.229. The van der Waals surface area contributed by atoms with Crippen LogP contribution in [0.15, 0.2) is 48.5 Å². The van der Waals surface area contributed by atoms with Gasteiger partial charge in [0, 0.05) is 18.3 Å². The van der Waals surface area contributed by atoms with Crippen molar-refractivity contribution in [1.29, 1.82) is 0 Å². The Hall–Kier alpha value is -3.05. The van der Waals surface area contributed by atoms with Crippen molar-refractivity contribution in [3.8, 4) is 5.69 Å². The van der Waals surface area contributed by atoms with Gasteiger partial charge < -0.3 is 11.1 Å². The second-order valence-corrected chi connectivity index (χ2v) is 6.75. The van der Waals surface area contributed by atoms with Crippen LogP contribution in [0.3, 0.4) is 0 Å². The molecule has 0 saturated heterocycles. The molecular weight excluding hydrogens is 450 g/mol. The van der Waals surface area contributed by atoms with Gasteiger partial charge in [0.1, 0.15) is 5.69 Å². The number of anilines is 1. The van der Waals surface area contributed by atoms with Crippen molar-refractivity contribution in [2.24, 2.45) is 5.73 Å². The maximum absolute atomic E-state index is 13.2. The number of carbonyl (C=O) groups is 1. The van der Waals surface area contributed by atoms with Gasteiger partial charge in [-0.15, -0.1) is 0 Å². The molecule has 5 nitrogen and oxygen atoms in total. The third-order valence-electron chi connectivity index (χ3n) is 4.17. The largest absolute Gasteiger partial charge is 0.435 e. The summed E-state index contributed by atoms with van der Waals surface area (Å²) in [7, 11) is 0. The summed E-state index contributed by atoms with van der Waals surface area (Å²) in [5.74, 6) is -0.587. The second kappa shape index (κ2) is 8.23. The highest BCUT2D eigenvalue weighted by Gasteiger charge is 2.42. The highest BCUT2D eigenvalue weighted by molar-refractivity contribution is 6.34. The first-order chi connectivity index (χ1) is 14.4. The number of alkyl halides is 6. The fourth-order valence-corrected chi connectivity index (χ4v) is 2.96. The normalized spacial score (nSPS) is 12.1. The van der Waals surface area contributed by atoms with Gasteiger partial charge in [-0.05, 0) is 42.0 Å². The molecule has 0 saturated carbocycles. The minimum Gasteiger partial charge on any atom is -0.326 e. The number of benzene rings is 2. The molecule has 1 amide bonds. The van der Waals surface area contributed by atoms with Crippen molar-refractivity contribution < 1.29 is 31.1 Å². The van der Waals surface area contributed by atoms with Gasteiger partial charge in [-0.2, -0.15) is 31.4 Å². The Balaban J connectivity index is 1.87. The zero-order valence-corrected chi connectivity index (χ0v) is 16.1. The van der Waals surface area contributed by atoms with Crippen LogP contribution in [0.25, 0.3) is 5.69 Å². The van der Waals surface area contributed by atoms with Gasteiger partial charge in [-0.3, -0.25) is 4.79 Å². The van der Waals surface area contributed by atoms with E-state index in [9.17, 15) is 31.1 Å². The molecule has 0 aliphatic heterocycles. The van der Waals surface area contributed by atoms with Crippen LogP contribution in [0.4, 0.5) is 32.0 Å². The molecule has 1 aromatic heterocycles. The molecule has 0 aliphatic rings. The lowest BCUT2D eigenvalue weighted by Crippen LogP contribution is -2.14. The third kappa shape index (κ3) is 5.00. The quantitative estimate of drug-likeness (QED) is 0.518. The van der Waals surface area contributed by atoms with E-state index in [0.29, 0.717) is 5.56 Å². The van der Waals surface area contributed by atoms with Crippen LogP contribution in [-0.4, -0.2) is 15.7 Å². The number of hydrogen-bond acceptors (Lipinski definition) is 3. The smallest absolute Gasteiger partial charge is 0.326 e. The van der Waals surface area contributed by atoms with Crippen LogP contribution in [0, 0.1) is 0 Å². The zero-order chi connectivity index (χ0) is 23.0. The van der Waals surface area contributed by atoms with Crippen molar-refractivity contribution in [2.75, 3.05) is 5.32 Å². The summed E-state index contributed by atoms with van der Waals surface area (Å²) >= 11 is 6.05. The Morgan fingerprint density at radius 1 is 1.00 bits per heavy atom. The van der Waals surface area contributed by atoms with Gasteiger partial charge in [0.05, 0.1) is 16.3 Å². The Morgan fingerprint density at radius 3 is 2.16 bits per heavy atom. The second-order valence-electron chi connectivity index (χ2n) is 6.34. The van der Waals surface area contributed by atoms with Crippen LogP contribution in [0.1, 0.15) is 27.3 Å². The van der Waals surface area contributed by atoms with E-state index in [1.165, 1.54) is 24.3 Å².